The number of nitrogens with one attached hydrogen (secondary N) is 1. The van der Waals surface area contributed by atoms with E-state index in [9.17, 15) is 31.1 Å². The molecule has 5 nitrogen and oxygen atoms in total. The summed E-state index contributed by atoms with van der Waals surface area (Å²) < 4.78 is 73.8. The van der Waals surface area contributed by atoms with E-state index in [0.717, 1.165) is 0 Å². The van der Waals surface area contributed by atoms with E-state index < -0.39 is 29.3 Å². The second kappa shape index (κ2) is 5.87. The van der Waals surface area contributed by atoms with Gasteiger partial charge in [-0.15, -0.1) is 11.3 Å². The number of alkyl halides is 6. The highest BCUT2D eigenvalue weighted by molar-refractivity contribution is 7.14. The molecule has 0 aliphatic heterocycles. The van der Waals surface area contributed by atoms with Crippen LogP contribution in [-0.4, -0.2) is 34.2 Å². The SMILES string of the molecule is CC(=NO)c1csc(NC(=O)C(C(F)(F)F)C(F)(F)F)n1. The van der Waals surface area contributed by atoms with Crippen LogP contribution >= 0.6 is 11.3 Å². The molecule has 0 aliphatic carbocycles. The molecule has 0 atom stereocenters. The molecular weight excluding hydrogens is 328 g/mol. The Kier molecular flexibility index (Phi) is 4.81. The van der Waals surface area contributed by atoms with Crippen molar-refractivity contribution in [3.63, 3.8) is 0 Å². The molecule has 1 heterocycles. The van der Waals surface area contributed by atoms with Crippen LogP contribution in [0.2, 0.25) is 0 Å². The number of carbonyl (C=O) groups is 1. The van der Waals surface area contributed by atoms with Crippen LogP contribution in [0.5, 0.6) is 0 Å². The Morgan fingerprint density at radius 3 is 2.29 bits per heavy atom. The van der Waals surface area contributed by atoms with E-state index in [-0.39, 0.29) is 11.4 Å². The topological polar surface area (TPSA) is 74.6 Å². The first kappa shape index (κ1) is 17.2. The van der Waals surface area contributed by atoms with Gasteiger partial charge < -0.3 is 10.5 Å². The number of carbonyl (C=O) groups excluding carboxylic acids is 1. The molecule has 1 aromatic rings. The predicted molar refractivity (Wildman–Crippen MR) is 60.3 cm³/mol. The lowest BCUT2D eigenvalue weighted by Gasteiger charge is -2.21. The number of aromatic nitrogens is 1. The maximum atomic E-state index is 12.3. The van der Waals surface area contributed by atoms with Gasteiger partial charge in [0.25, 0.3) is 0 Å². The number of amides is 1. The third-order valence-corrected chi connectivity index (χ3v) is 2.93. The Labute approximate surface area is 117 Å². The quantitative estimate of drug-likeness (QED) is 0.386. The van der Waals surface area contributed by atoms with Gasteiger partial charge in [-0.3, -0.25) is 4.79 Å². The van der Waals surface area contributed by atoms with Crippen molar-refractivity contribution < 1.29 is 36.3 Å². The second-order valence-corrected chi connectivity index (χ2v) is 4.59. The van der Waals surface area contributed by atoms with Crippen molar-refractivity contribution in [1.82, 2.24) is 4.98 Å². The molecule has 0 saturated carbocycles. The maximum absolute atomic E-state index is 12.3. The van der Waals surface area contributed by atoms with Crippen LogP contribution in [0.15, 0.2) is 10.5 Å². The van der Waals surface area contributed by atoms with Crippen LogP contribution in [0, 0.1) is 5.92 Å². The first-order chi connectivity index (χ1) is 9.46. The minimum atomic E-state index is -5.77. The Bertz CT molecular complexity index is 536. The van der Waals surface area contributed by atoms with Gasteiger partial charge in [0, 0.05) is 5.38 Å². The Morgan fingerprint density at radius 1 is 1.33 bits per heavy atom. The van der Waals surface area contributed by atoms with E-state index in [2.05, 4.69) is 10.1 Å². The van der Waals surface area contributed by atoms with Gasteiger partial charge in [-0.25, -0.2) is 4.98 Å². The van der Waals surface area contributed by atoms with E-state index in [0.29, 0.717) is 11.3 Å². The molecular formula is C9H7F6N3O2S. The first-order valence-electron chi connectivity index (χ1n) is 5.05. The zero-order valence-electron chi connectivity index (χ0n) is 10.1. The predicted octanol–water partition coefficient (Wildman–Crippen LogP) is 3.02. The zero-order valence-corrected chi connectivity index (χ0v) is 10.9. The molecule has 2 N–H and O–H groups in total. The van der Waals surface area contributed by atoms with Gasteiger partial charge in [-0.05, 0) is 6.92 Å². The molecule has 0 fully saturated rings. The fraction of sp³-hybridized carbons (Fsp3) is 0.444. The molecule has 118 valence electrons. The van der Waals surface area contributed by atoms with Crippen molar-refractivity contribution in [1.29, 1.82) is 0 Å². The number of halogens is 6. The van der Waals surface area contributed by atoms with Gasteiger partial charge >= 0.3 is 12.4 Å². The number of nitrogens with zero attached hydrogens (tertiary/aromatic N) is 2. The van der Waals surface area contributed by atoms with E-state index in [1.165, 1.54) is 17.6 Å². The molecule has 1 rings (SSSR count). The summed E-state index contributed by atoms with van der Waals surface area (Å²) in [5.41, 5.74) is -0.0108. The van der Waals surface area contributed by atoms with Crippen LogP contribution < -0.4 is 5.32 Å². The molecule has 0 bridgehead atoms. The van der Waals surface area contributed by atoms with Crippen molar-refractivity contribution in [2.75, 3.05) is 5.32 Å². The largest absolute Gasteiger partial charge is 0.411 e. The van der Waals surface area contributed by atoms with Gasteiger partial charge in [0.2, 0.25) is 11.8 Å². The average Bonchev–Trinajstić information content (AvgIpc) is 2.72. The summed E-state index contributed by atoms with van der Waals surface area (Å²) >= 11 is 0.591. The number of hydrogen-bond acceptors (Lipinski definition) is 5. The van der Waals surface area contributed by atoms with Gasteiger partial charge in [0.15, 0.2) is 5.13 Å². The van der Waals surface area contributed by atoms with Crippen LogP contribution in [-0.2, 0) is 4.79 Å². The van der Waals surface area contributed by atoms with Crippen LogP contribution in [0.3, 0.4) is 0 Å². The summed E-state index contributed by atoms with van der Waals surface area (Å²) in [6.07, 6.45) is -11.5. The summed E-state index contributed by atoms with van der Waals surface area (Å²) in [5, 5.41) is 13.4. The maximum Gasteiger partial charge on any atom is 0.409 e. The van der Waals surface area contributed by atoms with Crippen molar-refractivity contribution in [2.24, 2.45) is 11.1 Å². The highest BCUT2D eigenvalue weighted by Crippen LogP contribution is 2.40. The molecule has 0 aliphatic rings. The first-order valence-corrected chi connectivity index (χ1v) is 5.93. The minimum absolute atomic E-state index is 0.00775. The molecule has 1 aromatic heterocycles. The average molecular weight is 335 g/mol. The summed E-state index contributed by atoms with van der Waals surface area (Å²) in [7, 11) is 0. The highest BCUT2D eigenvalue weighted by atomic mass is 32.1. The number of rotatable bonds is 3. The van der Waals surface area contributed by atoms with E-state index in [4.69, 9.17) is 5.21 Å². The molecule has 0 spiro atoms. The van der Waals surface area contributed by atoms with Crippen molar-refractivity contribution in [2.45, 2.75) is 19.3 Å². The summed E-state index contributed by atoms with van der Waals surface area (Å²) in [6.45, 7) is 1.30. The third-order valence-electron chi connectivity index (χ3n) is 2.17. The van der Waals surface area contributed by atoms with Gasteiger partial charge in [-0.2, -0.15) is 26.3 Å². The molecule has 21 heavy (non-hydrogen) atoms. The normalized spacial score (nSPS) is 13.6. The fourth-order valence-corrected chi connectivity index (χ4v) is 1.97. The van der Waals surface area contributed by atoms with Gasteiger partial charge in [0.1, 0.15) is 11.4 Å². The Hall–Kier alpha value is -1.85. The summed E-state index contributed by atoms with van der Waals surface area (Å²) in [6, 6.07) is 0. The minimum Gasteiger partial charge on any atom is -0.411 e. The second-order valence-electron chi connectivity index (χ2n) is 3.73. The van der Waals surface area contributed by atoms with E-state index in [1.807, 2.05) is 0 Å². The number of oxime groups is 1. The van der Waals surface area contributed by atoms with Crippen LogP contribution in [0.4, 0.5) is 31.5 Å². The Balaban J connectivity index is 2.96. The fourth-order valence-electron chi connectivity index (χ4n) is 1.21. The smallest absolute Gasteiger partial charge is 0.409 e. The van der Waals surface area contributed by atoms with Crippen molar-refractivity contribution in [3.8, 4) is 0 Å². The van der Waals surface area contributed by atoms with E-state index in [1.54, 1.807) is 0 Å². The highest BCUT2D eigenvalue weighted by Gasteiger charge is 2.61. The van der Waals surface area contributed by atoms with E-state index >= 15 is 0 Å². The van der Waals surface area contributed by atoms with Crippen LogP contribution in [0.25, 0.3) is 0 Å². The standard InChI is InChI=1S/C9H7F6N3O2S/c1-3(18-20)4-2-21-7(16-4)17-6(19)5(8(10,11)12)9(13,14)15/h2,5,20H,1H3,(H,16,17,19). The monoisotopic (exact) mass is 335 g/mol. The molecule has 12 heteroatoms. The summed E-state index contributed by atoms with van der Waals surface area (Å²) in [5.74, 6) is -6.43. The molecule has 0 saturated heterocycles. The zero-order chi connectivity index (χ0) is 16.4. The molecule has 1 amide bonds. The lowest BCUT2D eigenvalue weighted by Crippen LogP contribution is -2.45. The van der Waals surface area contributed by atoms with Crippen LogP contribution in [0.1, 0.15) is 12.6 Å². The third kappa shape index (κ3) is 4.31. The molecule has 0 aromatic carbocycles. The number of thiazole rings is 1. The lowest BCUT2D eigenvalue weighted by atomic mass is 10.1. The van der Waals surface area contributed by atoms with Gasteiger partial charge in [0.05, 0.1) is 0 Å². The van der Waals surface area contributed by atoms with Crippen molar-refractivity contribution in [3.05, 3.63) is 11.1 Å². The lowest BCUT2D eigenvalue weighted by molar-refractivity contribution is -0.272. The van der Waals surface area contributed by atoms with Gasteiger partial charge in [-0.1, -0.05) is 5.16 Å². The summed E-state index contributed by atoms with van der Waals surface area (Å²) in [4.78, 5) is 14.7. The Morgan fingerprint density at radius 2 is 1.86 bits per heavy atom. The number of anilines is 1. The number of hydrogen-bond donors (Lipinski definition) is 2. The molecule has 0 unspecified atom stereocenters. The molecule has 0 radical (unpaired) electrons. The van der Waals surface area contributed by atoms with Crippen molar-refractivity contribution >= 4 is 28.1 Å².